The average Bonchev–Trinajstić information content (AvgIpc) is 3.29. The molecule has 0 atom stereocenters. The van der Waals surface area contributed by atoms with E-state index in [0.717, 1.165) is 10.5 Å². The van der Waals surface area contributed by atoms with Crippen molar-refractivity contribution in [2.45, 2.75) is 25.1 Å². The van der Waals surface area contributed by atoms with Crippen LogP contribution in [0.15, 0.2) is 35.3 Å². The van der Waals surface area contributed by atoms with Gasteiger partial charge >= 0.3 is 6.18 Å². The van der Waals surface area contributed by atoms with E-state index < -0.39 is 23.3 Å². The monoisotopic (exact) mass is 412 g/mol. The second-order valence-corrected chi connectivity index (χ2v) is 7.08. The SMILES string of the molecule is NC1CCN(C(=O)c2nc3c(C(F)(F)F)cc(-c4ccoc4)cn3c2Cl)CC1. The van der Waals surface area contributed by atoms with Crippen LogP contribution in [0.3, 0.4) is 0 Å². The van der Waals surface area contributed by atoms with Crippen molar-refractivity contribution >= 4 is 23.2 Å². The normalized spacial score (nSPS) is 16.1. The number of rotatable bonds is 2. The first-order valence-corrected chi connectivity index (χ1v) is 8.99. The van der Waals surface area contributed by atoms with Crippen molar-refractivity contribution in [3.63, 3.8) is 0 Å². The molecule has 0 aromatic carbocycles. The summed E-state index contributed by atoms with van der Waals surface area (Å²) in [5.41, 5.74) is 4.95. The van der Waals surface area contributed by atoms with Crippen molar-refractivity contribution in [3.05, 3.63) is 47.3 Å². The maximum atomic E-state index is 13.7. The van der Waals surface area contributed by atoms with Crippen LogP contribution in [0, 0.1) is 0 Å². The molecule has 1 amide bonds. The molecule has 0 saturated carbocycles. The molecular formula is C18H16ClF3N4O2. The first-order valence-electron chi connectivity index (χ1n) is 8.62. The summed E-state index contributed by atoms with van der Waals surface area (Å²) in [7, 11) is 0. The Bertz CT molecular complexity index is 1020. The summed E-state index contributed by atoms with van der Waals surface area (Å²) in [6.45, 7) is 0.827. The smallest absolute Gasteiger partial charge is 0.420 e. The zero-order valence-electron chi connectivity index (χ0n) is 14.5. The molecule has 0 bridgehead atoms. The lowest BCUT2D eigenvalue weighted by molar-refractivity contribution is -0.136. The maximum absolute atomic E-state index is 13.7. The lowest BCUT2D eigenvalue weighted by atomic mass is 10.1. The molecule has 1 aliphatic rings. The van der Waals surface area contributed by atoms with Crippen LogP contribution in [0.1, 0.15) is 28.9 Å². The van der Waals surface area contributed by atoms with Crippen LogP contribution in [-0.4, -0.2) is 39.3 Å². The van der Waals surface area contributed by atoms with E-state index in [1.807, 2.05) is 0 Å². The summed E-state index contributed by atoms with van der Waals surface area (Å²) in [6, 6.07) is 2.52. The van der Waals surface area contributed by atoms with Gasteiger partial charge in [-0.2, -0.15) is 13.2 Å². The average molecular weight is 413 g/mol. The van der Waals surface area contributed by atoms with Gasteiger partial charge in [0.15, 0.2) is 11.3 Å². The molecule has 4 rings (SSSR count). The number of furan rings is 1. The number of nitrogens with zero attached hydrogens (tertiary/aromatic N) is 3. The van der Waals surface area contributed by atoms with Gasteiger partial charge in [0.2, 0.25) is 0 Å². The number of likely N-dealkylation sites (tertiary alicyclic amines) is 1. The number of halogens is 4. The fourth-order valence-corrected chi connectivity index (χ4v) is 3.55. The number of nitrogens with two attached hydrogens (primary N) is 1. The molecule has 10 heteroatoms. The Morgan fingerprint density at radius 3 is 2.61 bits per heavy atom. The van der Waals surface area contributed by atoms with Gasteiger partial charge in [0.1, 0.15) is 5.15 Å². The zero-order chi connectivity index (χ0) is 20.1. The molecule has 2 N–H and O–H groups in total. The number of aromatic nitrogens is 2. The summed E-state index contributed by atoms with van der Waals surface area (Å²) in [5, 5.41) is -0.161. The predicted molar refractivity (Wildman–Crippen MR) is 96.0 cm³/mol. The van der Waals surface area contributed by atoms with Crippen LogP contribution < -0.4 is 5.73 Å². The fourth-order valence-electron chi connectivity index (χ4n) is 3.30. The third-order valence-electron chi connectivity index (χ3n) is 4.85. The van der Waals surface area contributed by atoms with E-state index in [0.29, 0.717) is 31.5 Å². The summed E-state index contributed by atoms with van der Waals surface area (Å²) in [6.07, 6.45) is 0.666. The molecule has 0 aliphatic carbocycles. The quantitative estimate of drug-likeness (QED) is 0.694. The summed E-state index contributed by atoms with van der Waals surface area (Å²) in [5.74, 6) is -0.501. The molecule has 1 fully saturated rings. The standard InChI is InChI=1S/C18H16ClF3N4O2/c19-15-14(17(27)25-4-1-12(23)2-5-25)24-16-13(18(20,21)22)7-11(8-26(15)16)10-3-6-28-9-10/h3,6-9,12H,1-2,4-5,23H2. The number of pyridine rings is 1. The molecule has 148 valence electrons. The molecule has 4 heterocycles. The highest BCUT2D eigenvalue weighted by atomic mass is 35.5. The van der Waals surface area contributed by atoms with E-state index in [9.17, 15) is 18.0 Å². The van der Waals surface area contributed by atoms with Gasteiger partial charge in [0, 0.05) is 36.5 Å². The van der Waals surface area contributed by atoms with Crippen LogP contribution in [0.4, 0.5) is 13.2 Å². The van der Waals surface area contributed by atoms with E-state index in [2.05, 4.69) is 4.98 Å². The number of piperidine rings is 1. The molecule has 0 radical (unpaired) electrons. The predicted octanol–water partition coefficient (Wildman–Crippen LogP) is 3.83. The van der Waals surface area contributed by atoms with Crippen molar-refractivity contribution in [2.24, 2.45) is 5.73 Å². The van der Waals surface area contributed by atoms with Crippen molar-refractivity contribution < 1.29 is 22.4 Å². The van der Waals surface area contributed by atoms with Crippen molar-refractivity contribution in [3.8, 4) is 11.1 Å². The third-order valence-corrected chi connectivity index (χ3v) is 5.21. The van der Waals surface area contributed by atoms with E-state index in [4.69, 9.17) is 21.8 Å². The van der Waals surface area contributed by atoms with Gasteiger partial charge in [0.05, 0.1) is 18.1 Å². The Kier molecular flexibility index (Phi) is 4.59. The minimum absolute atomic E-state index is 0.00920. The van der Waals surface area contributed by atoms with Gasteiger partial charge in [0.25, 0.3) is 5.91 Å². The minimum Gasteiger partial charge on any atom is -0.472 e. The lowest BCUT2D eigenvalue weighted by Crippen LogP contribution is -2.43. The molecule has 0 unspecified atom stereocenters. The number of fused-ring (bicyclic) bond motifs is 1. The molecule has 6 nitrogen and oxygen atoms in total. The Balaban J connectivity index is 1.84. The van der Waals surface area contributed by atoms with E-state index >= 15 is 0 Å². The number of carbonyl (C=O) groups excluding carboxylic acids is 1. The highest BCUT2D eigenvalue weighted by molar-refractivity contribution is 6.33. The Hall–Kier alpha value is -2.52. The Morgan fingerprint density at radius 1 is 1.29 bits per heavy atom. The molecular weight excluding hydrogens is 397 g/mol. The molecule has 28 heavy (non-hydrogen) atoms. The highest BCUT2D eigenvalue weighted by Crippen LogP contribution is 2.37. The molecule has 1 aliphatic heterocycles. The van der Waals surface area contributed by atoms with Crippen molar-refractivity contribution in [1.82, 2.24) is 14.3 Å². The highest BCUT2D eigenvalue weighted by Gasteiger charge is 2.36. The number of amides is 1. The van der Waals surface area contributed by atoms with Crippen LogP contribution in [0.25, 0.3) is 16.8 Å². The second kappa shape index (κ2) is 6.82. The van der Waals surface area contributed by atoms with Crippen LogP contribution in [0.2, 0.25) is 5.15 Å². The lowest BCUT2D eigenvalue weighted by Gasteiger charge is -2.29. The summed E-state index contributed by atoms with van der Waals surface area (Å²) >= 11 is 6.29. The van der Waals surface area contributed by atoms with Crippen molar-refractivity contribution in [1.29, 1.82) is 0 Å². The maximum Gasteiger partial charge on any atom is 0.420 e. The molecule has 0 spiro atoms. The van der Waals surface area contributed by atoms with E-state index in [1.165, 1.54) is 29.7 Å². The second-order valence-electron chi connectivity index (χ2n) is 6.73. The van der Waals surface area contributed by atoms with Crippen LogP contribution >= 0.6 is 11.6 Å². The summed E-state index contributed by atoms with van der Waals surface area (Å²) < 4.78 is 47.0. The zero-order valence-corrected chi connectivity index (χ0v) is 15.3. The number of carbonyl (C=O) groups is 1. The van der Waals surface area contributed by atoms with Crippen LogP contribution in [0.5, 0.6) is 0 Å². The Morgan fingerprint density at radius 2 is 2.00 bits per heavy atom. The van der Waals surface area contributed by atoms with Gasteiger partial charge in [-0.05, 0) is 25.0 Å². The number of alkyl halides is 3. The molecule has 3 aromatic heterocycles. The first-order chi connectivity index (χ1) is 13.3. The number of imidazole rings is 1. The summed E-state index contributed by atoms with van der Waals surface area (Å²) in [4.78, 5) is 18.3. The minimum atomic E-state index is -4.67. The van der Waals surface area contributed by atoms with Gasteiger partial charge in [-0.1, -0.05) is 11.6 Å². The molecule has 3 aromatic rings. The fraction of sp³-hybridized carbons (Fsp3) is 0.333. The van der Waals surface area contributed by atoms with Gasteiger partial charge in [-0.15, -0.1) is 0 Å². The number of hydrogen-bond donors (Lipinski definition) is 1. The number of hydrogen-bond acceptors (Lipinski definition) is 4. The largest absolute Gasteiger partial charge is 0.472 e. The Labute approximate surface area is 162 Å². The third kappa shape index (κ3) is 3.24. The van der Waals surface area contributed by atoms with E-state index in [-0.39, 0.29) is 22.5 Å². The topological polar surface area (TPSA) is 76.8 Å². The van der Waals surface area contributed by atoms with Crippen LogP contribution in [-0.2, 0) is 6.18 Å². The van der Waals surface area contributed by atoms with E-state index in [1.54, 1.807) is 0 Å². The first kappa shape index (κ1) is 18.8. The van der Waals surface area contributed by atoms with Crippen molar-refractivity contribution in [2.75, 3.05) is 13.1 Å². The van der Waals surface area contributed by atoms with Gasteiger partial charge < -0.3 is 15.1 Å². The van der Waals surface area contributed by atoms with Gasteiger partial charge in [-0.3, -0.25) is 9.20 Å². The molecule has 1 saturated heterocycles. The van der Waals surface area contributed by atoms with Gasteiger partial charge in [-0.25, -0.2) is 4.98 Å².